The summed E-state index contributed by atoms with van der Waals surface area (Å²) in [4.78, 5) is 1.21. The van der Waals surface area contributed by atoms with E-state index >= 15 is 0 Å². The number of fused-ring (bicyclic) bond motifs is 1. The van der Waals surface area contributed by atoms with Crippen LogP contribution in [0.2, 0.25) is 0 Å². The molecule has 0 bridgehead atoms. The first kappa shape index (κ1) is 13.9. The third kappa shape index (κ3) is 3.99. The largest absolute Gasteiger partial charge is 0.299 e. The van der Waals surface area contributed by atoms with E-state index in [1.165, 1.54) is 15.7 Å². The summed E-state index contributed by atoms with van der Waals surface area (Å²) in [7, 11) is 0. The van der Waals surface area contributed by atoms with Gasteiger partial charge >= 0.3 is 0 Å². The van der Waals surface area contributed by atoms with Gasteiger partial charge in [0.2, 0.25) is 0 Å². The molecule has 0 aliphatic rings. The van der Waals surface area contributed by atoms with Gasteiger partial charge in [-0.15, -0.1) is 11.8 Å². The van der Waals surface area contributed by atoms with Crippen LogP contribution in [0, 0.1) is 11.3 Å². The minimum Gasteiger partial charge on any atom is -0.299 e. The lowest BCUT2D eigenvalue weighted by atomic mass is 10.1. The lowest BCUT2D eigenvalue weighted by Gasteiger charge is -2.14. The van der Waals surface area contributed by atoms with Gasteiger partial charge in [-0.3, -0.25) is 5.32 Å². The van der Waals surface area contributed by atoms with Crippen molar-refractivity contribution in [2.75, 3.05) is 5.75 Å². The summed E-state index contributed by atoms with van der Waals surface area (Å²) in [5.41, 5.74) is 0. The molecule has 0 radical (unpaired) electrons. The molecule has 2 aromatic carbocycles. The zero-order chi connectivity index (χ0) is 13.7. The maximum absolute atomic E-state index is 9.10. The molecule has 0 amide bonds. The number of rotatable bonds is 5. The summed E-state index contributed by atoms with van der Waals surface area (Å²) in [6.45, 7) is 4.12. The van der Waals surface area contributed by atoms with Crippen LogP contribution in [0.4, 0.5) is 0 Å². The van der Waals surface area contributed by atoms with Crippen LogP contribution in [-0.2, 0) is 0 Å². The van der Waals surface area contributed by atoms with E-state index in [2.05, 4.69) is 61.6 Å². The molecule has 0 aromatic heterocycles. The molecular weight excluding hydrogens is 252 g/mol. The van der Waals surface area contributed by atoms with Gasteiger partial charge in [0.25, 0.3) is 0 Å². The maximum Gasteiger partial charge on any atom is 0.105 e. The van der Waals surface area contributed by atoms with Crippen molar-refractivity contribution in [3.63, 3.8) is 0 Å². The second-order valence-corrected chi connectivity index (χ2v) is 5.92. The zero-order valence-corrected chi connectivity index (χ0v) is 12.1. The van der Waals surface area contributed by atoms with Crippen molar-refractivity contribution in [1.29, 1.82) is 5.26 Å². The molecule has 2 nitrogen and oxygen atoms in total. The van der Waals surface area contributed by atoms with Crippen LogP contribution in [0.3, 0.4) is 0 Å². The number of benzene rings is 2. The van der Waals surface area contributed by atoms with Crippen molar-refractivity contribution in [3.05, 3.63) is 42.5 Å². The Morgan fingerprint density at radius 1 is 1.16 bits per heavy atom. The second kappa shape index (κ2) is 6.60. The van der Waals surface area contributed by atoms with Gasteiger partial charge in [-0.25, -0.2) is 0 Å². The van der Waals surface area contributed by atoms with Gasteiger partial charge in [-0.2, -0.15) is 5.26 Å². The standard InChI is InChI=1S/C16H18N2S/c1-12(2)18-15(10-17)11-19-16-8-7-13-5-3-4-6-14(13)9-16/h3-9,12,15,18H,11H2,1-2H3. The van der Waals surface area contributed by atoms with Gasteiger partial charge in [0.1, 0.15) is 6.04 Å². The summed E-state index contributed by atoms with van der Waals surface area (Å²) >= 11 is 1.72. The third-order valence-electron chi connectivity index (χ3n) is 2.83. The lowest BCUT2D eigenvalue weighted by Crippen LogP contribution is -2.35. The fraction of sp³-hybridized carbons (Fsp3) is 0.312. The Balaban J connectivity index is 2.03. The predicted molar refractivity (Wildman–Crippen MR) is 82.3 cm³/mol. The molecule has 1 N–H and O–H groups in total. The van der Waals surface area contributed by atoms with Crippen molar-refractivity contribution in [1.82, 2.24) is 5.32 Å². The SMILES string of the molecule is CC(C)NC(C#N)CSc1ccc2ccccc2c1. The topological polar surface area (TPSA) is 35.8 Å². The van der Waals surface area contributed by atoms with E-state index in [9.17, 15) is 0 Å². The molecule has 1 atom stereocenters. The first-order chi connectivity index (χ1) is 9.19. The van der Waals surface area contributed by atoms with Crippen LogP contribution < -0.4 is 5.32 Å². The molecule has 1 unspecified atom stereocenters. The van der Waals surface area contributed by atoms with E-state index in [1.807, 2.05) is 6.07 Å². The average Bonchev–Trinajstić information content (AvgIpc) is 2.42. The minimum absolute atomic E-state index is 0.100. The Morgan fingerprint density at radius 3 is 2.58 bits per heavy atom. The van der Waals surface area contributed by atoms with E-state index in [1.54, 1.807) is 11.8 Å². The number of nitriles is 1. The van der Waals surface area contributed by atoms with Crippen molar-refractivity contribution in [3.8, 4) is 6.07 Å². The van der Waals surface area contributed by atoms with Gasteiger partial charge in [-0.1, -0.05) is 30.3 Å². The molecule has 0 fully saturated rings. The molecule has 0 aliphatic heterocycles. The summed E-state index contributed by atoms with van der Waals surface area (Å²) in [5.74, 6) is 0.771. The van der Waals surface area contributed by atoms with E-state index in [0.717, 1.165) is 5.75 Å². The van der Waals surface area contributed by atoms with E-state index < -0.39 is 0 Å². The molecule has 2 aromatic rings. The summed E-state index contributed by atoms with van der Waals surface area (Å²) in [5, 5.41) is 14.9. The molecule has 19 heavy (non-hydrogen) atoms. The van der Waals surface area contributed by atoms with Gasteiger partial charge in [0, 0.05) is 16.7 Å². The number of hydrogen-bond acceptors (Lipinski definition) is 3. The van der Waals surface area contributed by atoms with Gasteiger partial charge in [0.15, 0.2) is 0 Å². The predicted octanol–water partition coefficient (Wildman–Crippen LogP) is 3.82. The number of hydrogen-bond donors (Lipinski definition) is 1. The molecule has 0 spiro atoms. The molecule has 0 saturated heterocycles. The molecule has 0 saturated carbocycles. The van der Waals surface area contributed by atoms with Crippen LogP contribution in [0.25, 0.3) is 10.8 Å². The molecule has 0 heterocycles. The molecule has 98 valence electrons. The van der Waals surface area contributed by atoms with Crippen molar-refractivity contribution >= 4 is 22.5 Å². The zero-order valence-electron chi connectivity index (χ0n) is 11.3. The minimum atomic E-state index is -0.100. The lowest BCUT2D eigenvalue weighted by molar-refractivity contribution is 0.560. The van der Waals surface area contributed by atoms with Crippen LogP contribution in [0.15, 0.2) is 47.4 Å². The normalized spacial score (nSPS) is 12.5. The monoisotopic (exact) mass is 270 g/mol. The first-order valence-electron chi connectivity index (χ1n) is 6.46. The maximum atomic E-state index is 9.10. The second-order valence-electron chi connectivity index (χ2n) is 4.82. The van der Waals surface area contributed by atoms with Crippen LogP contribution >= 0.6 is 11.8 Å². The van der Waals surface area contributed by atoms with Crippen LogP contribution in [0.5, 0.6) is 0 Å². The Labute approximate surface area is 118 Å². The number of thioether (sulfide) groups is 1. The van der Waals surface area contributed by atoms with E-state index in [4.69, 9.17) is 5.26 Å². The summed E-state index contributed by atoms with van der Waals surface area (Å²) < 4.78 is 0. The first-order valence-corrected chi connectivity index (χ1v) is 7.45. The fourth-order valence-electron chi connectivity index (χ4n) is 1.96. The van der Waals surface area contributed by atoms with Crippen molar-refractivity contribution < 1.29 is 0 Å². The molecule has 0 aliphatic carbocycles. The average molecular weight is 270 g/mol. The number of nitrogens with one attached hydrogen (secondary N) is 1. The van der Waals surface area contributed by atoms with Crippen molar-refractivity contribution in [2.45, 2.75) is 30.8 Å². The van der Waals surface area contributed by atoms with Gasteiger partial charge in [0.05, 0.1) is 6.07 Å². The highest BCUT2D eigenvalue weighted by Crippen LogP contribution is 2.24. The Kier molecular flexibility index (Phi) is 4.84. The van der Waals surface area contributed by atoms with Gasteiger partial charge in [-0.05, 0) is 36.8 Å². The molecular formula is C16H18N2S. The smallest absolute Gasteiger partial charge is 0.105 e. The summed E-state index contributed by atoms with van der Waals surface area (Å²) in [6, 6.07) is 17.3. The van der Waals surface area contributed by atoms with E-state index in [-0.39, 0.29) is 6.04 Å². The quantitative estimate of drug-likeness (QED) is 0.839. The van der Waals surface area contributed by atoms with Gasteiger partial charge < -0.3 is 0 Å². The fourth-order valence-corrected chi connectivity index (χ4v) is 2.87. The Morgan fingerprint density at radius 2 is 1.89 bits per heavy atom. The number of nitrogens with zero attached hydrogens (tertiary/aromatic N) is 1. The Hall–Kier alpha value is -1.50. The molecule has 3 heteroatoms. The highest BCUT2D eigenvalue weighted by Gasteiger charge is 2.09. The highest BCUT2D eigenvalue weighted by atomic mass is 32.2. The van der Waals surface area contributed by atoms with Crippen molar-refractivity contribution in [2.24, 2.45) is 0 Å². The third-order valence-corrected chi connectivity index (χ3v) is 3.92. The van der Waals surface area contributed by atoms with Crippen LogP contribution in [0.1, 0.15) is 13.8 Å². The Bertz CT molecular complexity index is 587. The molecule has 2 rings (SSSR count). The van der Waals surface area contributed by atoms with E-state index in [0.29, 0.717) is 6.04 Å². The van der Waals surface area contributed by atoms with Crippen LogP contribution in [-0.4, -0.2) is 17.8 Å². The highest BCUT2D eigenvalue weighted by molar-refractivity contribution is 7.99. The summed E-state index contributed by atoms with van der Waals surface area (Å²) in [6.07, 6.45) is 0.